The van der Waals surface area contributed by atoms with Crippen LogP contribution in [0.2, 0.25) is 0 Å². The quantitative estimate of drug-likeness (QED) is 0.572. The number of allylic oxidation sites excluding steroid dienone is 2. The zero-order valence-corrected chi connectivity index (χ0v) is 6.24. The molecule has 2 N–H and O–H groups in total. The number of hydrogen-bond donors (Lipinski definition) is 1. The molecule has 0 spiro atoms. The zero-order valence-electron chi connectivity index (χ0n) is 6.24. The summed E-state index contributed by atoms with van der Waals surface area (Å²) in [5.74, 6) is -1.91. The van der Waals surface area contributed by atoms with Crippen LogP contribution in [0.4, 0.5) is 17.6 Å². The van der Waals surface area contributed by atoms with Gasteiger partial charge in [-0.25, -0.2) is 4.39 Å². The summed E-state index contributed by atoms with van der Waals surface area (Å²) in [6.45, 7) is 0. The minimum Gasteiger partial charge on any atom is -0.400 e. The molecular formula is C7H9F4N. The van der Waals surface area contributed by atoms with E-state index in [1.165, 1.54) is 6.08 Å². The summed E-state index contributed by atoms with van der Waals surface area (Å²) in [4.78, 5) is 0. The van der Waals surface area contributed by atoms with Crippen LogP contribution < -0.4 is 5.73 Å². The van der Waals surface area contributed by atoms with Crippen molar-refractivity contribution in [2.75, 3.05) is 0 Å². The first-order chi connectivity index (χ1) is 5.43. The summed E-state index contributed by atoms with van der Waals surface area (Å²) in [5.41, 5.74) is 4.76. The van der Waals surface area contributed by atoms with Gasteiger partial charge in [0.2, 0.25) is 0 Å². The first kappa shape index (κ1) is 9.35. The lowest BCUT2D eigenvalue weighted by Crippen LogP contribution is -2.36. The highest BCUT2D eigenvalue weighted by Crippen LogP contribution is 2.38. The summed E-state index contributed by atoms with van der Waals surface area (Å²) < 4.78 is 49.0. The fourth-order valence-corrected chi connectivity index (χ4v) is 1.25. The summed E-state index contributed by atoms with van der Waals surface area (Å²) >= 11 is 0. The Hall–Kier alpha value is -0.740. The number of halogens is 4. The fourth-order valence-electron chi connectivity index (χ4n) is 1.25. The van der Waals surface area contributed by atoms with Crippen molar-refractivity contribution in [3.63, 3.8) is 0 Å². The van der Waals surface area contributed by atoms with Gasteiger partial charge in [0, 0.05) is 5.70 Å². The van der Waals surface area contributed by atoms with E-state index in [4.69, 9.17) is 5.73 Å². The Morgan fingerprint density at radius 2 is 2.00 bits per heavy atom. The fraction of sp³-hybridized carbons (Fsp3) is 0.714. The van der Waals surface area contributed by atoms with Gasteiger partial charge in [-0.05, 0) is 12.8 Å². The normalized spacial score (nSPS) is 31.5. The van der Waals surface area contributed by atoms with Crippen molar-refractivity contribution in [3.05, 3.63) is 11.8 Å². The van der Waals surface area contributed by atoms with Gasteiger partial charge in [-0.3, -0.25) is 0 Å². The second-order valence-electron chi connectivity index (χ2n) is 2.83. The molecule has 0 saturated carbocycles. The van der Waals surface area contributed by atoms with Gasteiger partial charge in [0.1, 0.15) is 0 Å². The molecule has 0 aromatic rings. The van der Waals surface area contributed by atoms with Crippen molar-refractivity contribution in [2.45, 2.75) is 25.2 Å². The lowest BCUT2D eigenvalue weighted by atomic mass is 9.90. The largest absolute Gasteiger partial charge is 0.400 e. The van der Waals surface area contributed by atoms with Gasteiger partial charge in [-0.15, -0.1) is 0 Å². The van der Waals surface area contributed by atoms with Gasteiger partial charge in [0.15, 0.2) is 6.17 Å². The predicted octanol–water partition coefficient (Wildman–Crippen LogP) is 2.14. The van der Waals surface area contributed by atoms with E-state index in [2.05, 4.69) is 0 Å². The van der Waals surface area contributed by atoms with Gasteiger partial charge >= 0.3 is 6.18 Å². The highest BCUT2D eigenvalue weighted by atomic mass is 19.4. The summed E-state index contributed by atoms with van der Waals surface area (Å²) in [5, 5.41) is 0. The van der Waals surface area contributed by atoms with Crippen LogP contribution in [-0.2, 0) is 0 Å². The van der Waals surface area contributed by atoms with Gasteiger partial charge in [0.05, 0.1) is 5.92 Å². The maximum absolute atomic E-state index is 12.8. The molecule has 0 amide bonds. The second-order valence-corrected chi connectivity index (χ2v) is 2.83. The van der Waals surface area contributed by atoms with Crippen molar-refractivity contribution >= 4 is 0 Å². The highest BCUT2D eigenvalue weighted by molar-refractivity contribution is 5.10. The Morgan fingerprint density at radius 3 is 2.42 bits per heavy atom. The minimum absolute atomic E-state index is 0.203. The third kappa shape index (κ3) is 1.70. The minimum atomic E-state index is -4.47. The molecule has 5 heteroatoms. The Kier molecular flexibility index (Phi) is 2.30. The molecule has 12 heavy (non-hydrogen) atoms. The van der Waals surface area contributed by atoms with E-state index in [1.807, 2.05) is 0 Å². The molecule has 0 bridgehead atoms. The SMILES string of the molecule is NC1=CCCC(C(F)(F)F)C1F. The van der Waals surface area contributed by atoms with Crippen LogP contribution in [0, 0.1) is 5.92 Å². The molecule has 0 heterocycles. The molecular weight excluding hydrogens is 174 g/mol. The Labute approximate surface area is 67.2 Å². The van der Waals surface area contributed by atoms with Gasteiger partial charge in [-0.1, -0.05) is 6.08 Å². The average Bonchev–Trinajstić information content (AvgIpc) is 1.92. The van der Waals surface area contributed by atoms with Crippen molar-refractivity contribution in [3.8, 4) is 0 Å². The molecule has 70 valence electrons. The topological polar surface area (TPSA) is 26.0 Å². The predicted molar refractivity (Wildman–Crippen MR) is 35.9 cm³/mol. The Bertz CT molecular complexity index is 196. The lowest BCUT2D eigenvalue weighted by molar-refractivity contribution is -0.190. The molecule has 1 nitrogen and oxygen atoms in total. The maximum atomic E-state index is 12.8. The maximum Gasteiger partial charge on any atom is 0.395 e. The molecule has 1 aliphatic carbocycles. The summed E-state index contributed by atoms with van der Waals surface area (Å²) in [6, 6.07) is 0. The molecule has 1 aliphatic rings. The number of alkyl halides is 4. The molecule has 1 rings (SSSR count). The number of nitrogens with two attached hydrogens (primary N) is 1. The standard InChI is InChI=1S/C7H9F4N/c8-6-4(7(9,10)11)2-1-3-5(6)12/h3-4,6H,1-2,12H2. The van der Waals surface area contributed by atoms with Crippen LogP contribution in [-0.4, -0.2) is 12.3 Å². The molecule has 2 atom stereocenters. The van der Waals surface area contributed by atoms with E-state index in [0.717, 1.165) is 0 Å². The van der Waals surface area contributed by atoms with Crippen molar-refractivity contribution < 1.29 is 17.6 Å². The number of rotatable bonds is 0. The lowest BCUT2D eigenvalue weighted by Gasteiger charge is -2.26. The van der Waals surface area contributed by atoms with E-state index >= 15 is 0 Å². The van der Waals surface area contributed by atoms with Crippen LogP contribution in [0.3, 0.4) is 0 Å². The highest BCUT2D eigenvalue weighted by Gasteiger charge is 2.46. The van der Waals surface area contributed by atoms with E-state index in [-0.39, 0.29) is 18.5 Å². The molecule has 0 aromatic carbocycles. The summed E-state index contributed by atoms with van der Waals surface area (Å²) in [7, 11) is 0. The molecule has 0 aromatic heterocycles. The first-order valence-electron chi connectivity index (χ1n) is 3.59. The monoisotopic (exact) mass is 183 g/mol. The average molecular weight is 183 g/mol. The van der Waals surface area contributed by atoms with Crippen molar-refractivity contribution in [2.24, 2.45) is 11.7 Å². The summed E-state index contributed by atoms with van der Waals surface area (Å²) in [6.07, 6.45) is -5.22. The second kappa shape index (κ2) is 2.95. The van der Waals surface area contributed by atoms with Gasteiger partial charge in [-0.2, -0.15) is 13.2 Å². The van der Waals surface area contributed by atoms with Gasteiger partial charge in [0.25, 0.3) is 0 Å². The molecule has 0 saturated heterocycles. The van der Waals surface area contributed by atoms with E-state index in [9.17, 15) is 17.6 Å². The number of hydrogen-bond acceptors (Lipinski definition) is 1. The van der Waals surface area contributed by atoms with Gasteiger partial charge < -0.3 is 5.73 Å². The van der Waals surface area contributed by atoms with Crippen LogP contribution >= 0.6 is 0 Å². The third-order valence-corrected chi connectivity index (χ3v) is 1.95. The van der Waals surface area contributed by atoms with Crippen molar-refractivity contribution in [1.29, 1.82) is 0 Å². The van der Waals surface area contributed by atoms with Crippen LogP contribution in [0.25, 0.3) is 0 Å². The van der Waals surface area contributed by atoms with E-state index in [0.29, 0.717) is 0 Å². The van der Waals surface area contributed by atoms with Crippen LogP contribution in [0.15, 0.2) is 11.8 Å². The molecule has 0 fully saturated rings. The Balaban J connectivity index is 2.76. The first-order valence-corrected chi connectivity index (χ1v) is 3.59. The molecule has 0 aliphatic heterocycles. The zero-order chi connectivity index (χ0) is 9.35. The van der Waals surface area contributed by atoms with Crippen LogP contribution in [0.1, 0.15) is 12.8 Å². The Morgan fingerprint density at radius 1 is 1.42 bits per heavy atom. The molecule has 0 radical (unpaired) electrons. The van der Waals surface area contributed by atoms with E-state index in [1.54, 1.807) is 0 Å². The van der Waals surface area contributed by atoms with E-state index < -0.39 is 18.3 Å². The molecule has 2 unspecified atom stereocenters. The third-order valence-electron chi connectivity index (χ3n) is 1.95. The van der Waals surface area contributed by atoms with Crippen molar-refractivity contribution in [1.82, 2.24) is 0 Å². The smallest absolute Gasteiger partial charge is 0.395 e. The van der Waals surface area contributed by atoms with Crippen LogP contribution in [0.5, 0.6) is 0 Å².